The number of thiazole rings is 1. The predicted octanol–water partition coefficient (Wildman–Crippen LogP) is 3.73. The number of amides is 1. The molecule has 0 saturated carbocycles. The number of nitrogens with zero attached hydrogens (tertiary/aromatic N) is 2. The lowest BCUT2D eigenvalue weighted by molar-refractivity contribution is -0.118. The second kappa shape index (κ2) is 8.10. The SMILES string of the molecule is CC(=O)c1ccc(OCCCC(=O)N=c2sc3ccccc3n2C)cc1. The van der Waals surface area contributed by atoms with E-state index in [2.05, 4.69) is 4.99 Å². The zero-order valence-corrected chi connectivity index (χ0v) is 15.6. The number of aryl methyl sites for hydroxylation is 1. The van der Waals surface area contributed by atoms with Crippen LogP contribution in [-0.4, -0.2) is 22.9 Å². The summed E-state index contributed by atoms with van der Waals surface area (Å²) in [5.41, 5.74) is 1.73. The number of Topliss-reactive ketones (excluding diaryl/α,β-unsaturated/α-hetero) is 1. The van der Waals surface area contributed by atoms with Crippen molar-refractivity contribution in [2.45, 2.75) is 19.8 Å². The van der Waals surface area contributed by atoms with Gasteiger partial charge in [0.1, 0.15) is 5.75 Å². The highest BCUT2D eigenvalue weighted by Crippen LogP contribution is 2.15. The molecule has 1 amide bonds. The predicted molar refractivity (Wildman–Crippen MR) is 103 cm³/mol. The van der Waals surface area contributed by atoms with Crippen molar-refractivity contribution in [3.63, 3.8) is 0 Å². The summed E-state index contributed by atoms with van der Waals surface area (Å²) in [5.74, 6) is 0.566. The van der Waals surface area contributed by atoms with Crippen molar-refractivity contribution < 1.29 is 14.3 Å². The van der Waals surface area contributed by atoms with E-state index in [1.807, 2.05) is 35.9 Å². The number of aromatic nitrogens is 1. The number of carbonyl (C=O) groups excluding carboxylic acids is 2. The van der Waals surface area contributed by atoms with Gasteiger partial charge in [0, 0.05) is 19.0 Å². The number of ether oxygens (including phenoxy) is 1. The fourth-order valence-corrected chi connectivity index (χ4v) is 3.59. The smallest absolute Gasteiger partial charge is 0.248 e. The molecule has 0 atom stereocenters. The normalized spacial score (nSPS) is 11.7. The first kappa shape index (κ1) is 18.1. The Balaban J connectivity index is 1.54. The lowest BCUT2D eigenvalue weighted by atomic mass is 10.1. The van der Waals surface area contributed by atoms with Gasteiger partial charge in [-0.1, -0.05) is 23.5 Å². The minimum atomic E-state index is -0.150. The minimum absolute atomic E-state index is 0.0261. The molecule has 0 saturated heterocycles. The van der Waals surface area contributed by atoms with Gasteiger partial charge >= 0.3 is 0 Å². The first-order valence-corrected chi connectivity index (χ1v) is 9.22. The van der Waals surface area contributed by atoms with Crippen LogP contribution in [0.15, 0.2) is 53.5 Å². The van der Waals surface area contributed by atoms with Crippen molar-refractivity contribution in [3.05, 3.63) is 58.9 Å². The van der Waals surface area contributed by atoms with Gasteiger partial charge in [-0.15, -0.1) is 0 Å². The molecule has 1 heterocycles. The molecule has 0 N–H and O–H groups in total. The first-order valence-electron chi connectivity index (χ1n) is 8.40. The van der Waals surface area contributed by atoms with Gasteiger partial charge in [0.15, 0.2) is 10.6 Å². The Morgan fingerprint density at radius 2 is 1.85 bits per heavy atom. The minimum Gasteiger partial charge on any atom is -0.494 e. The summed E-state index contributed by atoms with van der Waals surface area (Å²) in [7, 11) is 1.92. The van der Waals surface area contributed by atoms with Gasteiger partial charge in [-0.05, 0) is 49.7 Å². The van der Waals surface area contributed by atoms with Gasteiger partial charge in [0.25, 0.3) is 0 Å². The molecule has 0 aliphatic heterocycles. The van der Waals surface area contributed by atoms with E-state index in [1.54, 1.807) is 24.3 Å². The van der Waals surface area contributed by atoms with Gasteiger partial charge in [0.05, 0.1) is 16.8 Å². The van der Waals surface area contributed by atoms with Gasteiger partial charge in [0.2, 0.25) is 5.91 Å². The van der Waals surface area contributed by atoms with Crippen LogP contribution in [0.3, 0.4) is 0 Å². The van der Waals surface area contributed by atoms with Gasteiger partial charge in [-0.2, -0.15) is 4.99 Å². The highest BCUT2D eigenvalue weighted by atomic mass is 32.1. The van der Waals surface area contributed by atoms with Crippen LogP contribution in [0, 0.1) is 0 Å². The third-order valence-electron chi connectivity index (χ3n) is 4.00. The Kier molecular flexibility index (Phi) is 5.63. The number of carbonyl (C=O) groups is 2. The highest BCUT2D eigenvalue weighted by molar-refractivity contribution is 7.16. The second-order valence-electron chi connectivity index (χ2n) is 5.95. The van der Waals surface area contributed by atoms with Crippen LogP contribution in [0.1, 0.15) is 30.1 Å². The Labute approximate surface area is 155 Å². The van der Waals surface area contributed by atoms with Crippen LogP contribution in [0.2, 0.25) is 0 Å². The van der Waals surface area contributed by atoms with E-state index in [0.717, 1.165) is 10.2 Å². The van der Waals surface area contributed by atoms with Crippen LogP contribution in [-0.2, 0) is 11.8 Å². The molecule has 0 spiro atoms. The Bertz CT molecular complexity index is 1000. The third kappa shape index (κ3) is 4.26. The lowest BCUT2D eigenvalue weighted by Gasteiger charge is -2.05. The fourth-order valence-electron chi connectivity index (χ4n) is 2.55. The molecule has 0 aliphatic rings. The second-order valence-corrected chi connectivity index (χ2v) is 6.96. The summed E-state index contributed by atoms with van der Waals surface area (Å²) >= 11 is 1.51. The molecule has 26 heavy (non-hydrogen) atoms. The third-order valence-corrected chi connectivity index (χ3v) is 5.11. The monoisotopic (exact) mass is 368 g/mol. The van der Waals surface area contributed by atoms with E-state index >= 15 is 0 Å². The number of ketones is 1. The molecule has 3 aromatic rings. The standard InChI is InChI=1S/C20H20N2O3S/c1-14(23)15-9-11-16(12-10-15)25-13-5-8-19(24)21-20-22(2)17-6-3-4-7-18(17)26-20/h3-4,6-7,9-12H,5,8,13H2,1-2H3. The molecule has 134 valence electrons. The molecule has 6 heteroatoms. The quantitative estimate of drug-likeness (QED) is 0.492. The van der Waals surface area contributed by atoms with Crippen molar-refractivity contribution in [1.82, 2.24) is 4.57 Å². The molecule has 3 rings (SSSR count). The molecular formula is C20H20N2O3S. The number of benzene rings is 2. The van der Waals surface area contributed by atoms with Gasteiger partial charge in [-0.3, -0.25) is 9.59 Å². The number of fused-ring (bicyclic) bond motifs is 1. The van der Waals surface area contributed by atoms with Crippen LogP contribution in [0.5, 0.6) is 5.75 Å². The highest BCUT2D eigenvalue weighted by Gasteiger charge is 2.05. The Hall–Kier alpha value is -2.73. The van der Waals surface area contributed by atoms with Crippen molar-refractivity contribution in [2.24, 2.45) is 12.0 Å². The van der Waals surface area contributed by atoms with E-state index in [0.29, 0.717) is 35.6 Å². The van der Waals surface area contributed by atoms with Crippen LogP contribution in [0.25, 0.3) is 10.2 Å². The molecule has 0 radical (unpaired) electrons. The summed E-state index contributed by atoms with van der Waals surface area (Å²) < 4.78 is 8.65. The zero-order chi connectivity index (χ0) is 18.5. The number of hydrogen-bond acceptors (Lipinski definition) is 4. The molecule has 5 nitrogen and oxygen atoms in total. The maximum absolute atomic E-state index is 12.1. The average molecular weight is 368 g/mol. The maximum Gasteiger partial charge on any atom is 0.248 e. The summed E-state index contributed by atoms with van der Waals surface area (Å²) in [6, 6.07) is 15.0. The number of rotatable bonds is 6. The van der Waals surface area contributed by atoms with Crippen LogP contribution < -0.4 is 9.54 Å². The number of para-hydroxylation sites is 1. The Morgan fingerprint density at radius 3 is 2.54 bits per heavy atom. The van der Waals surface area contributed by atoms with Gasteiger partial charge < -0.3 is 9.30 Å². The molecule has 0 fully saturated rings. The topological polar surface area (TPSA) is 60.7 Å². The molecule has 1 aromatic heterocycles. The van der Waals surface area contributed by atoms with Crippen molar-refractivity contribution >= 4 is 33.2 Å². The summed E-state index contributed by atoms with van der Waals surface area (Å²) in [4.78, 5) is 28.3. The molecule has 0 bridgehead atoms. The first-order chi connectivity index (χ1) is 12.5. The van der Waals surface area contributed by atoms with E-state index in [-0.39, 0.29) is 11.7 Å². The summed E-state index contributed by atoms with van der Waals surface area (Å²) in [6.45, 7) is 1.96. The maximum atomic E-state index is 12.1. The summed E-state index contributed by atoms with van der Waals surface area (Å²) in [5, 5.41) is 0. The number of hydrogen-bond donors (Lipinski definition) is 0. The molecular weight excluding hydrogens is 348 g/mol. The molecule has 0 unspecified atom stereocenters. The van der Waals surface area contributed by atoms with E-state index in [1.165, 1.54) is 18.3 Å². The van der Waals surface area contributed by atoms with Crippen molar-refractivity contribution in [1.29, 1.82) is 0 Å². The van der Waals surface area contributed by atoms with Crippen LogP contribution >= 0.6 is 11.3 Å². The zero-order valence-electron chi connectivity index (χ0n) is 14.8. The summed E-state index contributed by atoms with van der Waals surface area (Å²) in [6.07, 6.45) is 0.922. The van der Waals surface area contributed by atoms with E-state index in [4.69, 9.17) is 4.74 Å². The average Bonchev–Trinajstić information content (AvgIpc) is 2.95. The van der Waals surface area contributed by atoms with E-state index in [9.17, 15) is 9.59 Å². The van der Waals surface area contributed by atoms with Crippen molar-refractivity contribution in [3.8, 4) is 5.75 Å². The van der Waals surface area contributed by atoms with Crippen LogP contribution in [0.4, 0.5) is 0 Å². The van der Waals surface area contributed by atoms with E-state index < -0.39 is 0 Å². The van der Waals surface area contributed by atoms with Crippen molar-refractivity contribution in [2.75, 3.05) is 6.61 Å². The Morgan fingerprint density at radius 1 is 1.12 bits per heavy atom. The van der Waals surface area contributed by atoms with Gasteiger partial charge in [-0.25, -0.2) is 0 Å². The fraction of sp³-hybridized carbons (Fsp3) is 0.250. The molecule has 2 aromatic carbocycles. The molecule has 0 aliphatic carbocycles. The lowest BCUT2D eigenvalue weighted by Crippen LogP contribution is -2.13. The largest absolute Gasteiger partial charge is 0.494 e.